The van der Waals surface area contributed by atoms with Crippen molar-refractivity contribution in [3.63, 3.8) is 0 Å². The summed E-state index contributed by atoms with van der Waals surface area (Å²) < 4.78 is 4.99. The zero-order valence-electron chi connectivity index (χ0n) is 14.6. The lowest BCUT2D eigenvalue weighted by Crippen LogP contribution is -2.43. The summed E-state index contributed by atoms with van der Waals surface area (Å²) in [4.78, 5) is 37.3. The molecular weight excluding hydrogens is 334 g/mol. The second-order valence-electron chi connectivity index (χ2n) is 5.58. The van der Waals surface area contributed by atoms with E-state index in [-0.39, 0.29) is 5.91 Å². The molecule has 0 saturated carbocycles. The van der Waals surface area contributed by atoms with Gasteiger partial charge in [0.15, 0.2) is 6.61 Å². The first-order valence-electron chi connectivity index (χ1n) is 8.08. The molecular formula is C19H21N3O4. The van der Waals surface area contributed by atoms with Crippen LogP contribution in [-0.2, 0) is 14.3 Å². The van der Waals surface area contributed by atoms with Gasteiger partial charge < -0.3 is 20.3 Å². The molecule has 136 valence electrons. The highest BCUT2D eigenvalue weighted by Crippen LogP contribution is 2.11. The molecule has 1 atom stereocenters. The predicted octanol–water partition coefficient (Wildman–Crippen LogP) is 2.40. The highest BCUT2D eigenvalue weighted by Gasteiger charge is 2.19. The van der Waals surface area contributed by atoms with Crippen molar-refractivity contribution in [3.05, 3.63) is 60.7 Å². The first-order valence-corrected chi connectivity index (χ1v) is 8.08. The molecule has 0 aliphatic carbocycles. The van der Waals surface area contributed by atoms with Crippen LogP contribution in [0.5, 0.6) is 0 Å². The molecule has 0 radical (unpaired) electrons. The molecule has 2 rings (SSSR count). The third kappa shape index (κ3) is 5.62. The number of carbonyl (C=O) groups excluding carboxylic acids is 3. The summed E-state index contributed by atoms with van der Waals surface area (Å²) >= 11 is 0. The van der Waals surface area contributed by atoms with Gasteiger partial charge in [-0.15, -0.1) is 0 Å². The number of esters is 1. The van der Waals surface area contributed by atoms with Crippen molar-refractivity contribution in [2.45, 2.75) is 13.0 Å². The van der Waals surface area contributed by atoms with E-state index in [4.69, 9.17) is 4.74 Å². The zero-order chi connectivity index (χ0) is 18.9. The Kier molecular flexibility index (Phi) is 6.73. The molecule has 7 nitrogen and oxygen atoms in total. The maximum absolute atomic E-state index is 12.1. The lowest BCUT2D eigenvalue weighted by Gasteiger charge is -2.18. The van der Waals surface area contributed by atoms with E-state index in [9.17, 15) is 14.4 Å². The van der Waals surface area contributed by atoms with Gasteiger partial charge in [0.25, 0.3) is 5.91 Å². The minimum atomic E-state index is -0.895. The molecule has 0 spiro atoms. The highest BCUT2D eigenvalue weighted by molar-refractivity contribution is 5.96. The molecule has 7 heteroatoms. The SMILES string of the molecule is C[C@H](NC(=O)Nc1ccccc1)C(=O)OCC(=O)N(C)c1ccccc1. The molecule has 0 aliphatic rings. The average molecular weight is 355 g/mol. The summed E-state index contributed by atoms with van der Waals surface area (Å²) in [5, 5.41) is 5.06. The van der Waals surface area contributed by atoms with E-state index < -0.39 is 24.6 Å². The van der Waals surface area contributed by atoms with Gasteiger partial charge in [0.1, 0.15) is 6.04 Å². The normalized spacial score (nSPS) is 11.2. The number of urea groups is 1. The summed E-state index contributed by atoms with van der Waals surface area (Å²) in [5.41, 5.74) is 1.30. The lowest BCUT2D eigenvalue weighted by atomic mass is 10.3. The van der Waals surface area contributed by atoms with Crippen molar-refractivity contribution < 1.29 is 19.1 Å². The van der Waals surface area contributed by atoms with Crippen LogP contribution in [0.1, 0.15) is 6.92 Å². The first-order chi connectivity index (χ1) is 12.5. The van der Waals surface area contributed by atoms with Gasteiger partial charge in [-0.2, -0.15) is 0 Å². The molecule has 0 aromatic heterocycles. The topological polar surface area (TPSA) is 87.7 Å². The molecule has 2 aromatic carbocycles. The molecule has 0 aliphatic heterocycles. The number of benzene rings is 2. The van der Waals surface area contributed by atoms with Crippen molar-refractivity contribution in [1.82, 2.24) is 5.32 Å². The largest absolute Gasteiger partial charge is 0.454 e. The van der Waals surface area contributed by atoms with Gasteiger partial charge in [-0.05, 0) is 31.2 Å². The molecule has 0 fully saturated rings. The van der Waals surface area contributed by atoms with Gasteiger partial charge >= 0.3 is 12.0 Å². The standard InChI is InChI=1S/C19H21N3O4/c1-14(20-19(25)21-15-9-5-3-6-10-15)18(24)26-13-17(23)22(2)16-11-7-4-8-12-16/h3-12,14H,13H2,1-2H3,(H2,20,21,25)/t14-/m0/s1. The van der Waals surface area contributed by atoms with Gasteiger partial charge in [0, 0.05) is 18.4 Å². The van der Waals surface area contributed by atoms with Crippen LogP contribution in [0.3, 0.4) is 0 Å². The lowest BCUT2D eigenvalue weighted by molar-refractivity contribution is -0.149. The van der Waals surface area contributed by atoms with Crippen molar-refractivity contribution in [2.75, 3.05) is 23.9 Å². The number of likely N-dealkylation sites (N-methyl/N-ethyl adjacent to an activating group) is 1. The smallest absolute Gasteiger partial charge is 0.328 e. The molecule has 0 unspecified atom stereocenters. The Labute approximate surface area is 152 Å². The number of ether oxygens (including phenoxy) is 1. The minimum Gasteiger partial charge on any atom is -0.454 e. The van der Waals surface area contributed by atoms with Crippen molar-refractivity contribution in [3.8, 4) is 0 Å². The summed E-state index contributed by atoms with van der Waals surface area (Å²) in [6, 6.07) is 16.4. The van der Waals surface area contributed by atoms with Gasteiger partial charge in [-0.3, -0.25) is 4.79 Å². The Morgan fingerprint density at radius 3 is 2.19 bits per heavy atom. The van der Waals surface area contributed by atoms with Crippen molar-refractivity contribution >= 4 is 29.3 Å². The van der Waals surface area contributed by atoms with Crippen LogP contribution < -0.4 is 15.5 Å². The van der Waals surface area contributed by atoms with Gasteiger partial charge in [-0.25, -0.2) is 9.59 Å². The molecule has 0 saturated heterocycles. The van der Waals surface area contributed by atoms with E-state index in [0.29, 0.717) is 11.4 Å². The van der Waals surface area contributed by atoms with Crippen LogP contribution in [0.4, 0.5) is 16.2 Å². The second-order valence-corrected chi connectivity index (χ2v) is 5.58. The molecule has 26 heavy (non-hydrogen) atoms. The van der Waals surface area contributed by atoms with Crippen LogP contribution in [0, 0.1) is 0 Å². The second kappa shape index (κ2) is 9.22. The van der Waals surface area contributed by atoms with Crippen LogP contribution in [0.2, 0.25) is 0 Å². The van der Waals surface area contributed by atoms with Crippen LogP contribution in [-0.4, -0.2) is 37.6 Å². The van der Waals surface area contributed by atoms with Crippen molar-refractivity contribution in [2.24, 2.45) is 0 Å². The predicted molar refractivity (Wildman–Crippen MR) is 98.9 cm³/mol. The summed E-state index contributed by atoms with van der Waals surface area (Å²) in [6.07, 6.45) is 0. The summed E-state index contributed by atoms with van der Waals surface area (Å²) in [7, 11) is 1.60. The van der Waals surface area contributed by atoms with E-state index in [2.05, 4.69) is 10.6 Å². The van der Waals surface area contributed by atoms with Crippen LogP contribution >= 0.6 is 0 Å². The Hall–Kier alpha value is -3.35. The molecule has 2 N–H and O–H groups in total. The zero-order valence-corrected chi connectivity index (χ0v) is 14.6. The van der Waals surface area contributed by atoms with E-state index in [1.54, 1.807) is 43.4 Å². The number of carbonyl (C=O) groups is 3. The fourth-order valence-corrected chi connectivity index (χ4v) is 2.09. The van der Waals surface area contributed by atoms with Crippen LogP contribution in [0.25, 0.3) is 0 Å². The van der Waals surface area contributed by atoms with Crippen LogP contribution in [0.15, 0.2) is 60.7 Å². The number of anilines is 2. The third-order valence-electron chi connectivity index (χ3n) is 3.59. The molecule has 0 bridgehead atoms. The Balaban J connectivity index is 1.77. The maximum atomic E-state index is 12.1. The summed E-state index contributed by atoms with van der Waals surface area (Å²) in [5.74, 6) is -1.06. The Bertz CT molecular complexity index is 750. The maximum Gasteiger partial charge on any atom is 0.328 e. The number of nitrogens with zero attached hydrogens (tertiary/aromatic N) is 1. The third-order valence-corrected chi connectivity index (χ3v) is 3.59. The highest BCUT2D eigenvalue weighted by atomic mass is 16.5. The van der Waals surface area contributed by atoms with Gasteiger partial charge in [-0.1, -0.05) is 36.4 Å². The first kappa shape index (κ1) is 19.0. The fraction of sp³-hybridized carbons (Fsp3) is 0.211. The summed E-state index contributed by atoms with van der Waals surface area (Å²) in [6.45, 7) is 1.08. The van der Waals surface area contributed by atoms with Crippen molar-refractivity contribution in [1.29, 1.82) is 0 Å². The molecule has 2 aromatic rings. The Morgan fingerprint density at radius 1 is 1.00 bits per heavy atom. The monoisotopic (exact) mass is 355 g/mol. The quantitative estimate of drug-likeness (QED) is 0.779. The number of nitrogens with one attached hydrogen (secondary N) is 2. The van der Waals surface area contributed by atoms with E-state index in [1.807, 2.05) is 24.3 Å². The van der Waals surface area contributed by atoms with E-state index >= 15 is 0 Å². The number of hydrogen-bond acceptors (Lipinski definition) is 4. The minimum absolute atomic E-state index is 0.370. The van der Waals surface area contributed by atoms with Gasteiger partial charge in [0.05, 0.1) is 0 Å². The number of rotatable bonds is 6. The van der Waals surface area contributed by atoms with E-state index in [0.717, 1.165) is 0 Å². The number of amides is 3. The number of hydrogen-bond donors (Lipinski definition) is 2. The Morgan fingerprint density at radius 2 is 1.58 bits per heavy atom. The number of para-hydroxylation sites is 2. The average Bonchev–Trinajstić information content (AvgIpc) is 2.66. The van der Waals surface area contributed by atoms with Gasteiger partial charge in [0.2, 0.25) is 0 Å². The van der Waals surface area contributed by atoms with E-state index in [1.165, 1.54) is 11.8 Å². The molecule has 0 heterocycles. The fourth-order valence-electron chi connectivity index (χ4n) is 2.09. The molecule has 3 amide bonds.